The van der Waals surface area contributed by atoms with Gasteiger partial charge in [-0.05, 0) is 12.5 Å². The van der Waals surface area contributed by atoms with Crippen molar-refractivity contribution in [2.75, 3.05) is 0 Å². The minimum absolute atomic E-state index is 0.311. The minimum atomic E-state index is -0.932. The molecule has 1 aliphatic rings. The SMILES string of the molecule is C[C@]1(c2ccccc2)NC(=O)NC1=O. The Morgan fingerprint density at radius 1 is 1.14 bits per heavy atom. The van der Waals surface area contributed by atoms with Gasteiger partial charge in [0.1, 0.15) is 5.54 Å². The van der Waals surface area contributed by atoms with E-state index in [0.717, 1.165) is 5.56 Å². The summed E-state index contributed by atoms with van der Waals surface area (Å²) < 4.78 is 0. The molecule has 4 nitrogen and oxygen atoms in total. The van der Waals surface area contributed by atoms with Crippen LogP contribution in [0.15, 0.2) is 30.3 Å². The van der Waals surface area contributed by atoms with Crippen molar-refractivity contribution in [1.82, 2.24) is 10.6 Å². The van der Waals surface area contributed by atoms with Crippen molar-refractivity contribution in [3.05, 3.63) is 35.9 Å². The second-order valence-corrected chi connectivity index (χ2v) is 3.40. The zero-order valence-corrected chi connectivity index (χ0v) is 7.70. The number of hydrogen-bond acceptors (Lipinski definition) is 2. The smallest absolute Gasteiger partial charge is 0.320 e. The number of hydrogen-bond donors (Lipinski definition) is 2. The summed E-state index contributed by atoms with van der Waals surface area (Å²) in [5.41, 5.74) is -0.151. The van der Waals surface area contributed by atoms with E-state index in [4.69, 9.17) is 0 Å². The summed E-state index contributed by atoms with van der Waals surface area (Å²) in [6, 6.07) is 8.70. The first-order valence-corrected chi connectivity index (χ1v) is 4.32. The van der Waals surface area contributed by atoms with E-state index in [-0.39, 0.29) is 5.91 Å². The van der Waals surface area contributed by atoms with Crippen LogP contribution < -0.4 is 10.6 Å². The van der Waals surface area contributed by atoms with Crippen LogP contribution in [0.2, 0.25) is 0 Å². The maximum Gasteiger partial charge on any atom is 0.322 e. The van der Waals surface area contributed by atoms with Crippen LogP contribution in [0.25, 0.3) is 0 Å². The molecule has 1 aliphatic heterocycles. The van der Waals surface area contributed by atoms with Gasteiger partial charge in [0, 0.05) is 0 Å². The van der Waals surface area contributed by atoms with Crippen LogP contribution in [-0.4, -0.2) is 11.9 Å². The maximum atomic E-state index is 11.5. The van der Waals surface area contributed by atoms with Gasteiger partial charge in [-0.3, -0.25) is 10.1 Å². The van der Waals surface area contributed by atoms with Gasteiger partial charge in [0.2, 0.25) is 0 Å². The van der Waals surface area contributed by atoms with Crippen LogP contribution in [0.1, 0.15) is 12.5 Å². The second kappa shape index (κ2) is 2.83. The average Bonchev–Trinajstić information content (AvgIpc) is 2.43. The summed E-state index contributed by atoms with van der Waals surface area (Å²) in [4.78, 5) is 22.5. The van der Waals surface area contributed by atoms with Crippen LogP contribution in [0.5, 0.6) is 0 Å². The van der Waals surface area contributed by atoms with Crippen molar-refractivity contribution < 1.29 is 9.59 Å². The molecule has 2 rings (SSSR count). The second-order valence-electron chi connectivity index (χ2n) is 3.40. The van der Waals surface area contributed by atoms with Crippen LogP contribution in [0, 0.1) is 0 Å². The zero-order chi connectivity index (χ0) is 10.2. The van der Waals surface area contributed by atoms with Gasteiger partial charge in [0.15, 0.2) is 0 Å². The highest BCUT2D eigenvalue weighted by Gasteiger charge is 2.43. The highest BCUT2D eigenvalue weighted by molar-refractivity contribution is 6.07. The Balaban J connectivity index is 2.43. The summed E-state index contributed by atoms with van der Waals surface area (Å²) >= 11 is 0. The molecule has 0 unspecified atom stereocenters. The van der Waals surface area contributed by atoms with Gasteiger partial charge in [-0.2, -0.15) is 0 Å². The van der Waals surface area contributed by atoms with Crippen molar-refractivity contribution in [2.45, 2.75) is 12.5 Å². The van der Waals surface area contributed by atoms with Crippen molar-refractivity contribution in [2.24, 2.45) is 0 Å². The number of urea groups is 1. The Labute approximate surface area is 81.3 Å². The van der Waals surface area contributed by atoms with Gasteiger partial charge in [0.05, 0.1) is 0 Å². The number of nitrogens with one attached hydrogen (secondary N) is 2. The van der Waals surface area contributed by atoms with E-state index >= 15 is 0 Å². The lowest BCUT2D eigenvalue weighted by atomic mass is 9.92. The molecule has 3 amide bonds. The molecule has 1 heterocycles. The first kappa shape index (κ1) is 8.74. The van der Waals surface area contributed by atoms with Gasteiger partial charge < -0.3 is 5.32 Å². The third-order valence-corrected chi connectivity index (χ3v) is 2.40. The topological polar surface area (TPSA) is 58.2 Å². The first-order valence-electron chi connectivity index (χ1n) is 4.32. The Hall–Kier alpha value is -1.84. The molecule has 2 N–H and O–H groups in total. The van der Waals surface area contributed by atoms with Gasteiger partial charge in [-0.25, -0.2) is 4.79 Å². The summed E-state index contributed by atoms with van der Waals surface area (Å²) in [6.45, 7) is 1.68. The van der Waals surface area contributed by atoms with E-state index in [1.165, 1.54) is 0 Å². The molecule has 0 saturated carbocycles. The lowest BCUT2D eigenvalue weighted by molar-refractivity contribution is -0.123. The fourth-order valence-electron chi connectivity index (χ4n) is 1.52. The molecule has 1 aromatic carbocycles. The summed E-state index contributed by atoms with van der Waals surface area (Å²) in [7, 11) is 0. The lowest BCUT2D eigenvalue weighted by Crippen LogP contribution is -2.40. The number of carbonyl (C=O) groups excluding carboxylic acids is 2. The van der Waals surface area contributed by atoms with E-state index in [2.05, 4.69) is 10.6 Å². The fourth-order valence-corrected chi connectivity index (χ4v) is 1.52. The third kappa shape index (κ3) is 1.16. The van der Waals surface area contributed by atoms with Crippen molar-refractivity contribution in [3.8, 4) is 0 Å². The summed E-state index contributed by atoms with van der Waals surface area (Å²) in [5, 5.41) is 4.81. The Kier molecular flexibility index (Phi) is 1.77. The molecule has 0 bridgehead atoms. The number of amides is 3. The van der Waals surface area contributed by atoms with Crippen LogP contribution >= 0.6 is 0 Å². The van der Waals surface area contributed by atoms with Crippen molar-refractivity contribution in [1.29, 1.82) is 0 Å². The van der Waals surface area contributed by atoms with Gasteiger partial charge in [-0.15, -0.1) is 0 Å². The van der Waals surface area contributed by atoms with Crippen LogP contribution in [-0.2, 0) is 10.3 Å². The zero-order valence-electron chi connectivity index (χ0n) is 7.70. The normalized spacial score (nSPS) is 25.8. The van der Waals surface area contributed by atoms with Gasteiger partial charge in [0.25, 0.3) is 5.91 Å². The highest BCUT2D eigenvalue weighted by atomic mass is 16.2. The molecule has 0 aliphatic carbocycles. The van der Waals surface area contributed by atoms with E-state index < -0.39 is 11.6 Å². The van der Waals surface area contributed by atoms with E-state index in [0.29, 0.717) is 0 Å². The van der Waals surface area contributed by atoms with E-state index in [9.17, 15) is 9.59 Å². The molecule has 14 heavy (non-hydrogen) atoms. The Morgan fingerprint density at radius 3 is 2.29 bits per heavy atom. The van der Waals surface area contributed by atoms with Gasteiger partial charge >= 0.3 is 6.03 Å². The largest absolute Gasteiger partial charge is 0.322 e. The number of imide groups is 1. The number of rotatable bonds is 1. The summed E-state index contributed by atoms with van der Waals surface area (Å²) in [6.07, 6.45) is 0. The first-order chi connectivity index (χ1) is 6.63. The lowest BCUT2D eigenvalue weighted by Gasteiger charge is -2.20. The molecule has 4 heteroatoms. The molecule has 1 saturated heterocycles. The Morgan fingerprint density at radius 2 is 1.79 bits per heavy atom. The van der Waals surface area contributed by atoms with Crippen LogP contribution in [0.3, 0.4) is 0 Å². The van der Waals surface area contributed by atoms with Crippen LogP contribution in [0.4, 0.5) is 4.79 Å². The predicted molar refractivity (Wildman–Crippen MR) is 50.5 cm³/mol. The predicted octanol–water partition coefficient (Wildman–Crippen LogP) is 0.741. The van der Waals surface area contributed by atoms with E-state index in [1.807, 2.05) is 30.3 Å². The number of carbonyl (C=O) groups is 2. The molecule has 1 aromatic rings. The monoisotopic (exact) mass is 190 g/mol. The molecule has 1 fully saturated rings. The minimum Gasteiger partial charge on any atom is -0.320 e. The molecule has 72 valence electrons. The maximum absolute atomic E-state index is 11.5. The van der Waals surface area contributed by atoms with E-state index in [1.54, 1.807) is 6.92 Å². The van der Waals surface area contributed by atoms with Crippen molar-refractivity contribution >= 4 is 11.9 Å². The molecule has 0 spiro atoms. The molecular formula is C10H10N2O2. The highest BCUT2D eigenvalue weighted by Crippen LogP contribution is 2.23. The Bertz CT molecular complexity index is 388. The fraction of sp³-hybridized carbons (Fsp3) is 0.200. The molecular weight excluding hydrogens is 180 g/mol. The van der Waals surface area contributed by atoms with Gasteiger partial charge in [-0.1, -0.05) is 30.3 Å². The summed E-state index contributed by atoms with van der Waals surface area (Å²) in [5.74, 6) is -0.311. The average molecular weight is 190 g/mol. The third-order valence-electron chi connectivity index (χ3n) is 2.40. The molecule has 0 radical (unpaired) electrons. The number of benzene rings is 1. The quantitative estimate of drug-likeness (QED) is 0.642. The van der Waals surface area contributed by atoms with Crippen molar-refractivity contribution in [3.63, 3.8) is 0 Å². The molecule has 0 aromatic heterocycles. The molecule has 1 atom stereocenters. The standard InChI is InChI=1S/C10H10N2O2/c1-10(7-5-3-2-4-6-7)8(13)11-9(14)12-10/h2-6H,1H3,(H2,11,12,13,14)/t10-/m1/s1.